The van der Waals surface area contributed by atoms with Crippen molar-refractivity contribution in [1.29, 1.82) is 0 Å². The van der Waals surface area contributed by atoms with Gasteiger partial charge >= 0.3 is 0 Å². The number of rotatable bonds is 7. The molecule has 0 saturated carbocycles. The summed E-state index contributed by atoms with van der Waals surface area (Å²) in [4.78, 5) is 0. The molecule has 1 aliphatic rings. The molecule has 20 heavy (non-hydrogen) atoms. The number of hydrogen-bond acceptors (Lipinski definition) is 2. The molecule has 0 radical (unpaired) electrons. The van der Waals surface area contributed by atoms with Crippen molar-refractivity contribution in [2.24, 2.45) is 0 Å². The lowest BCUT2D eigenvalue weighted by atomic mass is 9.99. The molecule has 0 aromatic heterocycles. The zero-order valence-electron chi connectivity index (χ0n) is 12.0. The van der Waals surface area contributed by atoms with Crippen LogP contribution >= 0.6 is 15.9 Å². The molecule has 1 heterocycles. The molecule has 0 spiro atoms. The van der Waals surface area contributed by atoms with Gasteiger partial charge in [0.05, 0.1) is 6.10 Å². The van der Waals surface area contributed by atoms with Gasteiger partial charge in [-0.15, -0.1) is 0 Å². The summed E-state index contributed by atoms with van der Waals surface area (Å²) in [6.45, 7) is 4.07. The molecule has 2 atom stereocenters. The standard InChI is InChI=1S/C16H23BrFNO/c1-2-7-19-14(11-15-4-3-8-20-15)9-12-5-6-13(18)10-16(12)17/h5-6,10,14-15,19H,2-4,7-9,11H2,1H3. The minimum Gasteiger partial charge on any atom is -0.378 e. The van der Waals surface area contributed by atoms with Crippen molar-refractivity contribution in [3.8, 4) is 0 Å². The molecule has 0 amide bonds. The van der Waals surface area contributed by atoms with Crippen LogP contribution in [0, 0.1) is 5.82 Å². The predicted octanol–water partition coefficient (Wildman–Crippen LogP) is 4.07. The van der Waals surface area contributed by atoms with Crippen LogP contribution in [0.25, 0.3) is 0 Å². The molecule has 1 aromatic carbocycles. The van der Waals surface area contributed by atoms with Crippen molar-refractivity contribution in [1.82, 2.24) is 5.32 Å². The van der Waals surface area contributed by atoms with E-state index in [-0.39, 0.29) is 5.82 Å². The van der Waals surface area contributed by atoms with Crippen LogP contribution in [0.3, 0.4) is 0 Å². The van der Waals surface area contributed by atoms with Crippen molar-refractivity contribution < 1.29 is 9.13 Å². The Morgan fingerprint density at radius 2 is 2.35 bits per heavy atom. The number of hydrogen-bond donors (Lipinski definition) is 1. The second-order valence-electron chi connectivity index (χ2n) is 5.46. The van der Waals surface area contributed by atoms with E-state index in [0.717, 1.165) is 48.9 Å². The summed E-state index contributed by atoms with van der Waals surface area (Å²) in [5.41, 5.74) is 1.15. The van der Waals surface area contributed by atoms with Crippen molar-refractivity contribution in [3.05, 3.63) is 34.1 Å². The summed E-state index contributed by atoms with van der Waals surface area (Å²) in [5, 5.41) is 3.59. The van der Waals surface area contributed by atoms with Crippen LogP contribution in [-0.2, 0) is 11.2 Å². The Morgan fingerprint density at radius 1 is 1.50 bits per heavy atom. The summed E-state index contributed by atoms with van der Waals surface area (Å²) in [5.74, 6) is -0.196. The molecular weight excluding hydrogens is 321 g/mol. The Balaban J connectivity index is 1.97. The molecule has 1 aliphatic heterocycles. The van der Waals surface area contributed by atoms with Crippen LogP contribution in [-0.4, -0.2) is 25.3 Å². The van der Waals surface area contributed by atoms with E-state index in [1.807, 2.05) is 6.07 Å². The summed E-state index contributed by atoms with van der Waals surface area (Å²) < 4.78 is 19.7. The zero-order chi connectivity index (χ0) is 14.4. The Morgan fingerprint density at radius 3 is 3.00 bits per heavy atom. The van der Waals surface area contributed by atoms with Gasteiger partial charge in [0.15, 0.2) is 0 Å². The number of halogens is 2. The van der Waals surface area contributed by atoms with Crippen LogP contribution in [0.1, 0.15) is 38.2 Å². The molecule has 2 nitrogen and oxygen atoms in total. The molecule has 1 saturated heterocycles. The van der Waals surface area contributed by atoms with Crippen molar-refractivity contribution in [2.45, 2.75) is 51.2 Å². The Labute approximate surface area is 129 Å². The minimum atomic E-state index is -0.196. The highest BCUT2D eigenvalue weighted by molar-refractivity contribution is 9.10. The first kappa shape index (κ1) is 15.9. The molecule has 0 aliphatic carbocycles. The lowest BCUT2D eigenvalue weighted by Gasteiger charge is -2.22. The van der Waals surface area contributed by atoms with Gasteiger partial charge in [-0.25, -0.2) is 4.39 Å². The quantitative estimate of drug-likeness (QED) is 0.805. The van der Waals surface area contributed by atoms with Crippen LogP contribution in [0.15, 0.2) is 22.7 Å². The fraction of sp³-hybridized carbons (Fsp3) is 0.625. The van der Waals surface area contributed by atoms with E-state index in [0.29, 0.717) is 12.1 Å². The average Bonchev–Trinajstić information content (AvgIpc) is 2.92. The fourth-order valence-corrected chi connectivity index (χ4v) is 3.20. The Bertz CT molecular complexity index is 421. The maximum atomic E-state index is 13.1. The second kappa shape index (κ2) is 8.11. The maximum absolute atomic E-state index is 13.1. The van der Waals surface area contributed by atoms with Crippen molar-refractivity contribution in [2.75, 3.05) is 13.2 Å². The van der Waals surface area contributed by atoms with Gasteiger partial charge in [0.25, 0.3) is 0 Å². The van der Waals surface area contributed by atoms with Gasteiger partial charge in [0, 0.05) is 17.1 Å². The van der Waals surface area contributed by atoms with Gasteiger partial charge in [-0.3, -0.25) is 0 Å². The minimum absolute atomic E-state index is 0.196. The van der Waals surface area contributed by atoms with E-state index in [9.17, 15) is 4.39 Å². The molecule has 2 rings (SSSR count). The van der Waals surface area contributed by atoms with Gasteiger partial charge in [-0.2, -0.15) is 0 Å². The first-order valence-electron chi connectivity index (χ1n) is 7.48. The average molecular weight is 344 g/mol. The summed E-state index contributed by atoms with van der Waals surface area (Å²) in [7, 11) is 0. The van der Waals surface area contributed by atoms with Crippen LogP contribution < -0.4 is 5.32 Å². The molecule has 1 aromatic rings. The number of benzene rings is 1. The third kappa shape index (κ3) is 4.83. The topological polar surface area (TPSA) is 21.3 Å². The van der Waals surface area contributed by atoms with Gasteiger partial charge in [0.1, 0.15) is 5.82 Å². The summed E-state index contributed by atoms with van der Waals surface area (Å²) in [6.07, 6.45) is 5.76. The molecule has 112 valence electrons. The van der Waals surface area contributed by atoms with E-state index in [1.165, 1.54) is 18.6 Å². The monoisotopic (exact) mass is 343 g/mol. The maximum Gasteiger partial charge on any atom is 0.124 e. The third-order valence-electron chi connectivity index (χ3n) is 3.74. The van der Waals surface area contributed by atoms with E-state index >= 15 is 0 Å². The molecule has 4 heteroatoms. The Hall–Kier alpha value is -0.450. The molecule has 1 N–H and O–H groups in total. The van der Waals surface area contributed by atoms with Crippen LogP contribution in [0.5, 0.6) is 0 Å². The second-order valence-corrected chi connectivity index (χ2v) is 6.32. The lowest BCUT2D eigenvalue weighted by molar-refractivity contribution is 0.0945. The van der Waals surface area contributed by atoms with Crippen molar-refractivity contribution in [3.63, 3.8) is 0 Å². The van der Waals surface area contributed by atoms with Gasteiger partial charge in [0.2, 0.25) is 0 Å². The largest absolute Gasteiger partial charge is 0.378 e. The van der Waals surface area contributed by atoms with Crippen LogP contribution in [0.2, 0.25) is 0 Å². The number of nitrogens with one attached hydrogen (secondary N) is 1. The first-order chi connectivity index (χ1) is 9.69. The molecule has 1 fully saturated rings. The number of ether oxygens (including phenoxy) is 1. The lowest BCUT2D eigenvalue weighted by Crippen LogP contribution is -2.35. The summed E-state index contributed by atoms with van der Waals surface area (Å²) >= 11 is 3.46. The van der Waals surface area contributed by atoms with E-state index in [2.05, 4.69) is 28.2 Å². The molecule has 2 unspecified atom stereocenters. The fourth-order valence-electron chi connectivity index (χ4n) is 2.69. The van der Waals surface area contributed by atoms with E-state index in [1.54, 1.807) is 0 Å². The van der Waals surface area contributed by atoms with Gasteiger partial charge in [-0.05, 0) is 56.3 Å². The predicted molar refractivity (Wildman–Crippen MR) is 83.5 cm³/mol. The van der Waals surface area contributed by atoms with Gasteiger partial charge < -0.3 is 10.1 Å². The highest BCUT2D eigenvalue weighted by Gasteiger charge is 2.21. The SMILES string of the molecule is CCCNC(Cc1ccc(F)cc1Br)CC1CCCO1. The zero-order valence-corrected chi connectivity index (χ0v) is 13.6. The van der Waals surface area contributed by atoms with Gasteiger partial charge in [-0.1, -0.05) is 28.9 Å². The third-order valence-corrected chi connectivity index (χ3v) is 4.47. The first-order valence-corrected chi connectivity index (χ1v) is 8.27. The summed E-state index contributed by atoms with van der Waals surface area (Å²) in [6, 6.07) is 5.33. The molecule has 0 bridgehead atoms. The Kier molecular flexibility index (Phi) is 6.46. The van der Waals surface area contributed by atoms with Crippen LogP contribution in [0.4, 0.5) is 4.39 Å². The normalized spacial score (nSPS) is 20.2. The smallest absolute Gasteiger partial charge is 0.124 e. The highest BCUT2D eigenvalue weighted by atomic mass is 79.9. The molecular formula is C16H23BrFNO. The highest BCUT2D eigenvalue weighted by Crippen LogP contribution is 2.23. The van der Waals surface area contributed by atoms with Crippen molar-refractivity contribution >= 4 is 15.9 Å². The van der Waals surface area contributed by atoms with E-state index in [4.69, 9.17) is 4.74 Å². The van der Waals surface area contributed by atoms with E-state index < -0.39 is 0 Å².